The van der Waals surface area contributed by atoms with Gasteiger partial charge in [0.05, 0.1) is 6.10 Å². The lowest BCUT2D eigenvalue weighted by Gasteiger charge is -2.12. The Labute approximate surface area is 123 Å². The highest BCUT2D eigenvalue weighted by molar-refractivity contribution is 7.09. The van der Waals surface area contributed by atoms with E-state index < -0.39 is 0 Å². The van der Waals surface area contributed by atoms with E-state index in [1.54, 1.807) is 6.20 Å². The number of nitrogens with zero attached hydrogens (tertiary/aromatic N) is 3. The second-order valence-electron chi connectivity index (χ2n) is 4.75. The highest BCUT2D eigenvalue weighted by atomic mass is 32.1. The number of hydrogen-bond donors (Lipinski definition) is 1. The minimum atomic E-state index is 0.112. The molecule has 0 aliphatic carbocycles. The van der Waals surface area contributed by atoms with Crippen molar-refractivity contribution in [3.8, 4) is 5.88 Å². The summed E-state index contributed by atoms with van der Waals surface area (Å²) in [4.78, 5) is 8.71. The van der Waals surface area contributed by atoms with Crippen LogP contribution in [0.2, 0.25) is 0 Å². The third kappa shape index (κ3) is 4.16. The van der Waals surface area contributed by atoms with Crippen molar-refractivity contribution in [2.24, 2.45) is 0 Å². The predicted molar refractivity (Wildman–Crippen MR) is 81.2 cm³/mol. The number of nitrogens with one attached hydrogen (secondary N) is 1. The quantitative estimate of drug-likeness (QED) is 0.848. The van der Waals surface area contributed by atoms with Crippen LogP contribution >= 0.6 is 11.5 Å². The number of aryl methyl sites for hydroxylation is 1. The van der Waals surface area contributed by atoms with Crippen molar-refractivity contribution in [1.29, 1.82) is 0 Å². The minimum Gasteiger partial charge on any atom is -0.475 e. The Bertz CT molecular complexity index is 541. The molecule has 0 saturated heterocycles. The van der Waals surface area contributed by atoms with Crippen molar-refractivity contribution < 1.29 is 4.74 Å². The van der Waals surface area contributed by atoms with Gasteiger partial charge in [0.15, 0.2) is 0 Å². The van der Waals surface area contributed by atoms with Gasteiger partial charge in [-0.2, -0.15) is 4.37 Å². The van der Waals surface area contributed by atoms with Crippen LogP contribution in [0, 0.1) is 0 Å². The SMILES string of the molecule is CCCc1nsc(NCc2cccnc2OC(C)C)n1. The Morgan fingerprint density at radius 1 is 1.40 bits per heavy atom. The second-order valence-corrected chi connectivity index (χ2v) is 5.51. The van der Waals surface area contributed by atoms with Gasteiger partial charge in [-0.1, -0.05) is 13.0 Å². The fourth-order valence-corrected chi connectivity index (χ4v) is 2.32. The van der Waals surface area contributed by atoms with Crippen molar-refractivity contribution in [3.63, 3.8) is 0 Å². The Morgan fingerprint density at radius 2 is 2.25 bits per heavy atom. The molecule has 5 nitrogen and oxygen atoms in total. The summed E-state index contributed by atoms with van der Waals surface area (Å²) in [6.07, 6.45) is 3.84. The first-order chi connectivity index (χ1) is 9.69. The first-order valence-electron chi connectivity index (χ1n) is 6.86. The topological polar surface area (TPSA) is 59.9 Å². The fourth-order valence-electron chi connectivity index (χ4n) is 1.71. The van der Waals surface area contributed by atoms with E-state index >= 15 is 0 Å². The first-order valence-corrected chi connectivity index (χ1v) is 7.63. The average Bonchev–Trinajstić information content (AvgIpc) is 2.85. The van der Waals surface area contributed by atoms with E-state index in [0.717, 1.165) is 29.4 Å². The summed E-state index contributed by atoms with van der Waals surface area (Å²) >= 11 is 1.40. The van der Waals surface area contributed by atoms with Crippen molar-refractivity contribution >= 4 is 16.7 Å². The summed E-state index contributed by atoms with van der Waals surface area (Å²) in [7, 11) is 0. The third-order valence-corrected chi connectivity index (χ3v) is 3.28. The van der Waals surface area contributed by atoms with Crippen LogP contribution in [-0.4, -0.2) is 20.4 Å². The average molecular weight is 292 g/mol. The van der Waals surface area contributed by atoms with E-state index in [9.17, 15) is 0 Å². The molecular weight excluding hydrogens is 272 g/mol. The highest BCUT2D eigenvalue weighted by Gasteiger charge is 2.08. The van der Waals surface area contributed by atoms with Crippen LogP contribution < -0.4 is 10.1 Å². The minimum absolute atomic E-state index is 0.112. The number of pyridine rings is 1. The molecule has 0 unspecified atom stereocenters. The molecule has 6 heteroatoms. The molecule has 0 aliphatic heterocycles. The molecule has 1 N–H and O–H groups in total. The maximum Gasteiger partial charge on any atom is 0.218 e. The lowest BCUT2D eigenvalue weighted by Crippen LogP contribution is -2.10. The molecule has 0 atom stereocenters. The Morgan fingerprint density at radius 3 is 3.00 bits per heavy atom. The van der Waals surface area contributed by atoms with E-state index in [1.165, 1.54) is 11.5 Å². The molecular formula is C14H20N4OS. The van der Waals surface area contributed by atoms with E-state index in [-0.39, 0.29) is 6.10 Å². The summed E-state index contributed by atoms with van der Waals surface area (Å²) in [5.41, 5.74) is 1.02. The van der Waals surface area contributed by atoms with Gasteiger partial charge in [-0.25, -0.2) is 9.97 Å². The van der Waals surface area contributed by atoms with Gasteiger partial charge in [0.1, 0.15) is 5.82 Å². The van der Waals surface area contributed by atoms with Gasteiger partial charge in [-0.15, -0.1) is 0 Å². The zero-order chi connectivity index (χ0) is 14.4. The third-order valence-electron chi connectivity index (χ3n) is 2.57. The summed E-state index contributed by atoms with van der Waals surface area (Å²) in [6, 6.07) is 3.92. The van der Waals surface area contributed by atoms with Gasteiger partial charge in [0.25, 0.3) is 0 Å². The molecule has 108 valence electrons. The molecule has 0 radical (unpaired) electrons. The Kier molecular flexibility index (Phi) is 5.29. The number of anilines is 1. The summed E-state index contributed by atoms with van der Waals surface area (Å²) < 4.78 is 10.0. The number of ether oxygens (including phenoxy) is 1. The number of rotatable bonds is 7. The van der Waals surface area contributed by atoms with Gasteiger partial charge in [-0.05, 0) is 26.3 Å². The first kappa shape index (κ1) is 14.7. The van der Waals surface area contributed by atoms with E-state index in [4.69, 9.17) is 4.74 Å². The molecule has 0 amide bonds. The molecule has 2 heterocycles. The molecule has 0 saturated carbocycles. The summed E-state index contributed by atoms with van der Waals surface area (Å²) in [6.45, 7) is 6.75. The molecule has 0 bridgehead atoms. The molecule has 0 spiro atoms. The largest absolute Gasteiger partial charge is 0.475 e. The smallest absolute Gasteiger partial charge is 0.218 e. The van der Waals surface area contributed by atoms with Crippen LogP contribution in [0.1, 0.15) is 38.6 Å². The highest BCUT2D eigenvalue weighted by Crippen LogP contribution is 2.19. The number of aromatic nitrogens is 3. The Balaban J connectivity index is 1.99. The molecule has 2 rings (SSSR count). The van der Waals surface area contributed by atoms with Crippen LogP contribution in [-0.2, 0) is 13.0 Å². The van der Waals surface area contributed by atoms with Gasteiger partial charge in [0.2, 0.25) is 11.0 Å². The molecule has 2 aromatic rings. The Hall–Kier alpha value is -1.69. The fraction of sp³-hybridized carbons (Fsp3) is 0.500. The van der Waals surface area contributed by atoms with Gasteiger partial charge < -0.3 is 10.1 Å². The zero-order valence-corrected chi connectivity index (χ0v) is 12.9. The van der Waals surface area contributed by atoms with Crippen LogP contribution in [0.4, 0.5) is 5.13 Å². The van der Waals surface area contributed by atoms with Crippen molar-refractivity contribution in [3.05, 3.63) is 29.7 Å². The monoisotopic (exact) mass is 292 g/mol. The molecule has 2 aromatic heterocycles. The van der Waals surface area contributed by atoms with Crippen molar-refractivity contribution in [2.45, 2.75) is 46.3 Å². The van der Waals surface area contributed by atoms with E-state index in [2.05, 4.69) is 26.6 Å². The standard InChI is InChI=1S/C14H20N4OS/c1-4-6-12-17-14(20-18-12)16-9-11-7-5-8-15-13(11)19-10(2)3/h5,7-8,10H,4,6,9H2,1-3H3,(H,16,17,18). The van der Waals surface area contributed by atoms with Crippen molar-refractivity contribution in [2.75, 3.05) is 5.32 Å². The molecule has 0 aromatic carbocycles. The zero-order valence-electron chi connectivity index (χ0n) is 12.1. The number of hydrogen-bond acceptors (Lipinski definition) is 6. The van der Waals surface area contributed by atoms with E-state index in [0.29, 0.717) is 12.4 Å². The van der Waals surface area contributed by atoms with Crippen LogP contribution in [0.25, 0.3) is 0 Å². The van der Waals surface area contributed by atoms with Gasteiger partial charge in [0, 0.05) is 36.3 Å². The summed E-state index contributed by atoms with van der Waals surface area (Å²) in [5.74, 6) is 1.58. The van der Waals surface area contributed by atoms with Crippen LogP contribution in [0.5, 0.6) is 5.88 Å². The van der Waals surface area contributed by atoms with Crippen molar-refractivity contribution in [1.82, 2.24) is 14.3 Å². The van der Waals surface area contributed by atoms with Gasteiger partial charge in [-0.3, -0.25) is 0 Å². The maximum atomic E-state index is 5.69. The lowest BCUT2D eigenvalue weighted by molar-refractivity contribution is 0.230. The molecule has 0 fully saturated rings. The van der Waals surface area contributed by atoms with Crippen LogP contribution in [0.15, 0.2) is 18.3 Å². The second kappa shape index (κ2) is 7.19. The van der Waals surface area contributed by atoms with Gasteiger partial charge >= 0.3 is 0 Å². The molecule has 0 aliphatic rings. The summed E-state index contributed by atoms with van der Waals surface area (Å²) in [5, 5.41) is 4.12. The van der Waals surface area contributed by atoms with E-state index in [1.807, 2.05) is 26.0 Å². The predicted octanol–water partition coefficient (Wildman–Crippen LogP) is 3.28. The maximum absolute atomic E-state index is 5.69. The molecule has 20 heavy (non-hydrogen) atoms. The normalized spacial score (nSPS) is 10.8. The lowest BCUT2D eigenvalue weighted by atomic mass is 10.2. The van der Waals surface area contributed by atoms with Crippen LogP contribution in [0.3, 0.4) is 0 Å².